The average molecular weight is 571 g/mol. The zero-order valence-electron chi connectivity index (χ0n) is 21.1. The van der Waals surface area contributed by atoms with Crippen LogP contribution in [0.2, 0.25) is 0 Å². The Morgan fingerprint density at radius 3 is 2.38 bits per heavy atom. The number of carbonyl (C=O) groups is 2. The lowest BCUT2D eigenvalue weighted by molar-refractivity contribution is -0.274. The fourth-order valence-electron chi connectivity index (χ4n) is 3.73. The summed E-state index contributed by atoms with van der Waals surface area (Å²) in [5.41, 5.74) is 2.24. The molecule has 0 atom stereocenters. The van der Waals surface area contributed by atoms with E-state index in [0.717, 1.165) is 35.4 Å². The minimum absolute atomic E-state index is 0.134. The maximum Gasteiger partial charge on any atom is 0.573 e. The van der Waals surface area contributed by atoms with Gasteiger partial charge in [0, 0.05) is 25.0 Å². The Morgan fingerprint density at radius 1 is 0.850 bits per heavy atom. The third-order valence-corrected chi connectivity index (χ3v) is 6.39. The van der Waals surface area contributed by atoms with Crippen LogP contribution in [0.3, 0.4) is 0 Å². The number of nitrogens with zero attached hydrogens (tertiary/aromatic N) is 4. The van der Waals surface area contributed by atoms with E-state index in [2.05, 4.69) is 35.5 Å². The molecule has 0 aliphatic heterocycles. The van der Waals surface area contributed by atoms with Gasteiger partial charge in [-0.1, -0.05) is 35.6 Å². The first kappa shape index (κ1) is 28.6. The topological polar surface area (TPSA) is 119 Å². The second-order valence-corrected chi connectivity index (χ2v) is 9.83. The van der Waals surface area contributed by atoms with Crippen molar-refractivity contribution in [3.8, 4) is 5.75 Å². The number of anilines is 2. The zero-order chi connectivity index (χ0) is 28.4. The summed E-state index contributed by atoms with van der Waals surface area (Å²) in [5.74, 6) is -0.476. The van der Waals surface area contributed by atoms with E-state index in [0.29, 0.717) is 22.9 Å². The van der Waals surface area contributed by atoms with Gasteiger partial charge in [-0.3, -0.25) is 14.6 Å². The second-order valence-electron chi connectivity index (χ2n) is 8.77. The molecule has 0 aliphatic rings. The van der Waals surface area contributed by atoms with Crippen LogP contribution in [-0.4, -0.2) is 38.3 Å². The van der Waals surface area contributed by atoms with E-state index in [1.807, 2.05) is 12.1 Å². The number of unbranched alkanes of at least 4 members (excludes halogenated alkanes) is 1. The molecule has 4 aromatic rings. The van der Waals surface area contributed by atoms with Crippen LogP contribution in [-0.2, 0) is 35.3 Å². The molecule has 0 unspecified atom stereocenters. The number of halogens is 3. The first-order valence-corrected chi connectivity index (χ1v) is 13.1. The number of pyridine rings is 2. The molecule has 2 amide bonds. The van der Waals surface area contributed by atoms with Crippen molar-refractivity contribution in [2.24, 2.45) is 0 Å². The van der Waals surface area contributed by atoms with Crippen LogP contribution in [0.1, 0.15) is 34.5 Å². The first-order chi connectivity index (χ1) is 19.2. The van der Waals surface area contributed by atoms with E-state index in [4.69, 9.17) is 0 Å². The molecule has 0 aliphatic carbocycles. The van der Waals surface area contributed by atoms with Crippen LogP contribution < -0.4 is 15.4 Å². The van der Waals surface area contributed by atoms with Gasteiger partial charge in [-0.25, -0.2) is 4.98 Å². The van der Waals surface area contributed by atoms with E-state index in [-0.39, 0.29) is 24.5 Å². The lowest BCUT2D eigenvalue weighted by atomic mass is 10.1. The molecule has 0 fully saturated rings. The van der Waals surface area contributed by atoms with E-state index in [1.54, 1.807) is 30.7 Å². The molecule has 3 aromatic heterocycles. The molecule has 208 valence electrons. The minimum Gasteiger partial charge on any atom is -0.406 e. The average Bonchev–Trinajstić information content (AvgIpc) is 3.34. The molecule has 13 heteroatoms. The van der Waals surface area contributed by atoms with Crippen molar-refractivity contribution in [3.63, 3.8) is 0 Å². The van der Waals surface area contributed by atoms with Gasteiger partial charge in [0.25, 0.3) is 0 Å². The molecular weight excluding hydrogens is 545 g/mol. The van der Waals surface area contributed by atoms with Gasteiger partial charge in [0.15, 0.2) is 0 Å². The molecule has 3 heterocycles. The fourth-order valence-corrected chi connectivity index (χ4v) is 4.53. The van der Waals surface area contributed by atoms with Gasteiger partial charge < -0.3 is 15.4 Å². The molecule has 1 aromatic carbocycles. The first-order valence-electron chi connectivity index (χ1n) is 12.3. The van der Waals surface area contributed by atoms with Crippen LogP contribution in [0.5, 0.6) is 5.75 Å². The van der Waals surface area contributed by atoms with Crippen LogP contribution >= 0.6 is 11.3 Å². The Labute approximate surface area is 231 Å². The monoisotopic (exact) mass is 570 g/mol. The number of nitrogens with one attached hydrogen (secondary N) is 2. The largest absolute Gasteiger partial charge is 0.573 e. The van der Waals surface area contributed by atoms with Crippen molar-refractivity contribution < 1.29 is 27.5 Å². The number of benzene rings is 1. The number of alkyl halides is 3. The summed E-state index contributed by atoms with van der Waals surface area (Å²) in [6, 6.07) is 12.6. The van der Waals surface area contributed by atoms with Gasteiger partial charge in [-0.05, 0) is 60.2 Å². The molecule has 2 N–H and O–H groups in total. The van der Waals surface area contributed by atoms with Crippen molar-refractivity contribution >= 4 is 34.1 Å². The number of carbonyl (C=O) groups excluding carboxylic acids is 2. The van der Waals surface area contributed by atoms with Crippen molar-refractivity contribution in [2.45, 2.75) is 44.9 Å². The summed E-state index contributed by atoms with van der Waals surface area (Å²) < 4.78 is 41.1. The van der Waals surface area contributed by atoms with E-state index in [9.17, 15) is 22.8 Å². The Bertz CT molecular complexity index is 1420. The molecule has 9 nitrogen and oxygen atoms in total. The number of aryl methyl sites for hydroxylation is 2. The lowest BCUT2D eigenvalue weighted by Gasteiger charge is -2.09. The van der Waals surface area contributed by atoms with Crippen molar-refractivity contribution in [3.05, 3.63) is 88.8 Å². The third-order valence-electron chi connectivity index (χ3n) is 5.50. The standard InChI is InChI=1S/C27H25F3N6O3S/c28-27(29,30)39-21-8-3-6-19(13-21)14-24(38)34-26-36-35-25(40-26)9-2-1-5-18-10-11-22(32-17-18)33-23(37)15-20-7-4-12-31-16-20/h3-4,6-8,10-13,16-17H,1-2,5,9,14-15H2,(H,32,33,37)(H,34,36,38). The Balaban J connectivity index is 1.15. The fraction of sp³-hybridized carbons (Fsp3) is 0.259. The quantitative estimate of drug-likeness (QED) is 0.226. The van der Waals surface area contributed by atoms with Gasteiger partial charge >= 0.3 is 6.36 Å². The normalized spacial score (nSPS) is 11.2. The maximum atomic E-state index is 12.4. The molecule has 0 saturated heterocycles. The smallest absolute Gasteiger partial charge is 0.406 e. The summed E-state index contributed by atoms with van der Waals surface area (Å²) in [6.45, 7) is 0. The predicted molar refractivity (Wildman–Crippen MR) is 143 cm³/mol. The van der Waals surface area contributed by atoms with Crippen molar-refractivity contribution in [2.75, 3.05) is 10.6 Å². The number of rotatable bonds is 12. The van der Waals surface area contributed by atoms with Gasteiger partial charge in [0.1, 0.15) is 16.6 Å². The Morgan fingerprint density at radius 2 is 1.62 bits per heavy atom. The summed E-state index contributed by atoms with van der Waals surface area (Å²) in [7, 11) is 0. The molecule has 40 heavy (non-hydrogen) atoms. The highest BCUT2D eigenvalue weighted by atomic mass is 32.1. The highest BCUT2D eigenvalue weighted by molar-refractivity contribution is 7.15. The molecule has 0 saturated carbocycles. The molecule has 0 spiro atoms. The van der Waals surface area contributed by atoms with Gasteiger partial charge in [-0.15, -0.1) is 23.4 Å². The van der Waals surface area contributed by atoms with E-state index in [1.165, 1.54) is 35.6 Å². The van der Waals surface area contributed by atoms with E-state index < -0.39 is 12.3 Å². The number of ether oxygens (including phenoxy) is 1. The number of aromatic nitrogens is 4. The minimum atomic E-state index is -4.80. The highest BCUT2D eigenvalue weighted by Crippen LogP contribution is 2.24. The molecule has 0 radical (unpaired) electrons. The highest BCUT2D eigenvalue weighted by Gasteiger charge is 2.31. The third kappa shape index (κ3) is 9.73. The molecule has 0 bridgehead atoms. The SMILES string of the molecule is O=C(Cc1cccnc1)Nc1ccc(CCCCc2nnc(NC(=O)Cc3cccc(OC(F)(F)F)c3)s2)cn1. The number of amides is 2. The summed E-state index contributed by atoms with van der Waals surface area (Å²) in [6.07, 6.45) is 3.55. The van der Waals surface area contributed by atoms with E-state index >= 15 is 0 Å². The van der Waals surface area contributed by atoms with Crippen LogP contribution in [0, 0.1) is 0 Å². The second kappa shape index (κ2) is 13.6. The lowest BCUT2D eigenvalue weighted by Crippen LogP contribution is -2.17. The molecular formula is C27H25F3N6O3S. The summed E-state index contributed by atoms with van der Waals surface area (Å²) >= 11 is 1.25. The maximum absolute atomic E-state index is 12.4. The zero-order valence-corrected chi connectivity index (χ0v) is 22.0. The van der Waals surface area contributed by atoms with Crippen LogP contribution in [0.4, 0.5) is 24.1 Å². The van der Waals surface area contributed by atoms with Crippen LogP contribution in [0.25, 0.3) is 0 Å². The van der Waals surface area contributed by atoms with Gasteiger partial charge in [0.2, 0.25) is 16.9 Å². The van der Waals surface area contributed by atoms with Gasteiger partial charge in [-0.2, -0.15) is 0 Å². The number of hydrogen-bond acceptors (Lipinski definition) is 8. The van der Waals surface area contributed by atoms with Gasteiger partial charge in [0.05, 0.1) is 12.8 Å². The van der Waals surface area contributed by atoms with Crippen molar-refractivity contribution in [1.29, 1.82) is 0 Å². The number of hydrogen-bond donors (Lipinski definition) is 2. The summed E-state index contributed by atoms with van der Waals surface area (Å²) in [5, 5.41) is 14.6. The Hall–Kier alpha value is -4.39. The predicted octanol–water partition coefficient (Wildman–Crippen LogP) is 5.15. The Kier molecular flexibility index (Phi) is 9.73. The van der Waals surface area contributed by atoms with Crippen molar-refractivity contribution in [1.82, 2.24) is 20.2 Å². The summed E-state index contributed by atoms with van der Waals surface area (Å²) in [4.78, 5) is 32.8. The van der Waals surface area contributed by atoms with Crippen LogP contribution in [0.15, 0.2) is 67.1 Å². The molecule has 4 rings (SSSR count).